The number of benzene rings is 1. The van der Waals surface area contributed by atoms with Gasteiger partial charge in [-0.05, 0) is 42.8 Å². The molecule has 0 amide bonds. The first kappa shape index (κ1) is 17.6. The Morgan fingerprint density at radius 1 is 1.20 bits per heavy atom. The van der Waals surface area contributed by atoms with E-state index in [0.717, 1.165) is 11.3 Å². The molecule has 0 aliphatic carbocycles. The molecule has 0 aliphatic rings. The van der Waals surface area contributed by atoms with Crippen LogP contribution in [0.4, 0.5) is 0 Å². The molecule has 2 aromatic heterocycles. The second-order valence-corrected chi connectivity index (χ2v) is 8.44. The Labute approximate surface area is 151 Å². The molecule has 0 bridgehead atoms. The van der Waals surface area contributed by atoms with Crippen molar-refractivity contribution in [2.24, 2.45) is 0 Å². The molecule has 1 atom stereocenters. The van der Waals surface area contributed by atoms with E-state index in [0.29, 0.717) is 16.9 Å². The number of tetrazole rings is 1. The molecule has 0 aliphatic heterocycles. The fourth-order valence-corrected chi connectivity index (χ4v) is 3.19. The summed E-state index contributed by atoms with van der Waals surface area (Å²) in [5.74, 6) is 1.27. The van der Waals surface area contributed by atoms with Crippen LogP contribution in [-0.2, 0) is 5.41 Å². The third kappa shape index (κ3) is 3.73. The number of hydrogen-bond donors (Lipinski definition) is 0. The van der Waals surface area contributed by atoms with Gasteiger partial charge in [0.05, 0.1) is 10.9 Å². The van der Waals surface area contributed by atoms with Gasteiger partial charge in [-0.2, -0.15) is 9.67 Å². The van der Waals surface area contributed by atoms with Crippen LogP contribution in [0.15, 0.2) is 27.9 Å². The highest BCUT2D eigenvalue weighted by atomic mass is 32.2. The van der Waals surface area contributed by atoms with Crippen molar-refractivity contribution in [1.82, 2.24) is 30.3 Å². The summed E-state index contributed by atoms with van der Waals surface area (Å²) in [5.41, 5.74) is 3.14. The number of hydrogen-bond acceptors (Lipinski definition) is 7. The Hall–Kier alpha value is -2.22. The summed E-state index contributed by atoms with van der Waals surface area (Å²) >= 11 is 1.49. The first-order chi connectivity index (χ1) is 11.8. The van der Waals surface area contributed by atoms with Crippen LogP contribution in [0.2, 0.25) is 0 Å². The maximum absolute atomic E-state index is 5.43. The fourth-order valence-electron chi connectivity index (χ4n) is 2.36. The fraction of sp³-hybridized carbons (Fsp3) is 0.471. The molecule has 2 heterocycles. The molecule has 3 aromatic rings. The topological polar surface area (TPSA) is 82.5 Å². The smallest absolute Gasteiger partial charge is 0.239 e. The predicted molar refractivity (Wildman–Crippen MR) is 95.9 cm³/mol. The molecule has 1 unspecified atom stereocenters. The summed E-state index contributed by atoms with van der Waals surface area (Å²) in [5, 5.41) is 16.8. The normalized spacial score (nSPS) is 13.2. The molecule has 25 heavy (non-hydrogen) atoms. The Morgan fingerprint density at radius 3 is 2.60 bits per heavy atom. The van der Waals surface area contributed by atoms with Crippen LogP contribution in [0.3, 0.4) is 0 Å². The van der Waals surface area contributed by atoms with Crippen LogP contribution in [0.5, 0.6) is 0 Å². The van der Waals surface area contributed by atoms with E-state index in [1.165, 1.54) is 17.3 Å². The van der Waals surface area contributed by atoms with Gasteiger partial charge in [0.1, 0.15) is 0 Å². The average Bonchev–Trinajstić information content (AvgIpc) is 3.16. The lowest BCUT2D eigenvalue weighted by molar-refractivity contribution is 0.364. The van der Waals surface area contributed by atoms with Gasteiger partial charge in [0.25, 0.3) is 0 Å². The van der Waals surface area contributed by atoms with E-state index in [-0.39, 0.29) is 10.7 Å². The maximum Gasteiger partial charge on any atom is 0.239 e. The second kappa shape index (κ2) is 6.59. The van der Waals surface area contributed by atoms with Gasteiger partial charge in [-0.3, -0.25) is 0 Å². The van der Waals surface area contributed by atoms with Crippen molar-refractivity contribution in [3.05, 3.63) is 41.0 Å². The first-order valence-corrected chi connectivity index (χ1v) is 9.00. The van der Waals surface area contributed by atoms with E-state index in [1.807, 2.05) is 13.0 Å². The second-order valence-electron chi connectivity index (χ2n) is 7.13. The molecule has 0 radical (unpaired) electrons. The largest absolute Gasteiger partial charge is 0.338 e. The number of nitrogens with zero attached hydrogens (tertiary/aromatic N) is 6. The van der Waals surface area contributed by atoms with Crippen molar-refractivity contribution in [3.63, 3.8) is 0 Å². The van der Waals surface area contributed by atoms with Crippen LogP contribution in [-0.4, -0.2) is 30.3 Å². The molecule has 0 spiro atoms. The lowest BCUT2D eigenvalue weighted by Gasteiger charge is -2.11. The van der Waals surface area contributed by atoms with E-state index in [1.54, 1.807) is 4.68 Å². The van der Waals surface area contributed by atoms with Crippen LogP contribution >= 0.6 is 11.8 Å². The summed E-state index contributed by atoms with van der Waals surface area (Å²) in [4.78, 5) is 4.52. The van der Waals surface area contributed by atoms with Gasteiger partial charge in [-0.1, -0.05) is 55.4 Å². The minimum atomic E-state index is -0.146. The SMILES string of the molecule is Cc1ccc(-n2nnnc2SC(C)c2nc(C(C)(C)C)no2)c(C)c1. The van der Waals surface area contributed by atoms with Gasteiger partial charge in [-0.15, -0.1) is 5.10 Å². The van der Waals surface area contributed by atoms with Crippen LogP contribution < -0.4 is 0 Å². The van der Waals surface area contributed by atoms with E-state index in [4.69, 9.17) is 4.52 Å². The molecule has 0 saturated heterocycles. The lowest BCUT2D eigenvalue weighted by Crippen LogP contribution is -2.13. The molecule has 8 heteroatoms. The van der Waals surface area contributed by atoms with Crippen molar-refractivity contribution in [2.75, 3.05) is 0 Å². The first-order valence-electron chi connectivity index (χ1n) is 8.12. The number of rotatable bonds is 4. The third-order valence-electron chi connectivity index (χ3n) is 3.76. The van der Waals surface area contributed by atoms with E-state index < -0.39 is 0 Å². The molecule has 0 fully saturated rings. The molecule has 0 N–H and O–H groups in total. The standard InChI is InChI=1S/C17H22N6OS/c1-10-7-8-13(11(2)9-10)23-16(19-21-22-23)25-12(3)14-18-15(20-24-14)17(4,5)6/h7-9,12H,1-6H3. The molecule has 3 rings (SSSR count). The predicted octanol–water partition coefficient (Wildman–Crippen LogP) is 3.81. The van der Waals surface area contributed by atoms with Gasteiger partial charge < -0.3 is 4.52 Å². The Morgan fingerprint density at radius 2 is 1.96 bits per heavy atom. The maximum atomic E-state index is 5.43. The summed E-state index contributed by atoms with van der Waals surface area (Å²) in [6, 6.07) is 6.19. The highest BCUT2D eigenvalue weighted by Crippen LogP contribution is 2.34. The van der Waals surface area contributed by atoms with E-state index >= 15 is 0 Å². The minimum absolute atomic E-state index is 0.0564. The van der Waals surface area contributed by atoms with Crippen LogP contribution in [0, 0.1) is 13.8 Å². The van der Waals surface area contributed by atoms with Crippen molar-refractivity contribution >= 4 is 11.8 Å². The summed E-state index contributed by atoms with van der Waals surface area (Å²) in [6.07, 6.45) is 0. The average molecular weight is 358 g/mol. The van der Waals surface area contributed by atoms with Gasteiger partial charge in [-0.25, -0.2) is 0 Å². The Balaban J connectivity index is 1.85. The van der Waals surface area contributed by atoms with Crippen LogP contribution in [0.1, 0.15) is 55.8 Å². The van der Waals surface area contributed by atoms with Gasteiger partial charge in [0, 0.05) is 5.41 Å². The summed E-state index contributed by atoms with van der Waals surface area (Å²) < 4.78 is 7.17. The molecule has 0 saturated carbocycles. The van der Waals surface area contributed by atoms with Crippen LogP contribution in [0.25, 0.3) is 5.69 Å². The quantitative estimate of drug-likeness (QED) is 0.656. The summed E-state index contributed by atoms with van der Waals surface area (Å²) in [7, 11) is 0. The molecule has 1 aromatic carbocycles. The Kier molecular flexibility index (Phi) is 4.64. The number of aromatic nitrogens is 6. The minimum Gasteiger partial charge on any atom is -0.338 e. The molecular weight excluding hydrogens is 336 g/mol. The lowest BCUT2D eigenvalue weighted by atomic mass is 9.96. The van der Waals surface area contributed by atoms with Gasteiger partial charge >= 0.3 is 0 Å². The van der Waals surface area contributed by atoms with Gasteiger partial charge in [0.15, 0.2) is 5.82 Å². The highest BCUT2D eigenvalue weighted by Gasteiger charge is 2.25. The monoisotopic (exact) mass is 358 g/mol. The van der Waals surface area contributed by atoms with Crippen molar-refractivity contribution in [3.8, 4) is 5.69 Å². The third-order valence-corrected chi connectivity index (χ3v) is 4.78. The zero-order valence-corrected chi connectivity index (χ0v) is 16.1. The zero-order valence-electron chi connectivity index (χ0n) is 15.3. The van der Waals surface area contributed by atoms with E-state index in [9.17, 15) is 0 Å². The molecule has 7 nitrogen and oxygen atoms in total. The zero-order chi connectivity index (χ0) is 18.2. The number of thioether (sulfide) groups is 1. The van der Waals surface area contributed by atoms with E-state index in [2.05, 4.69) is 72.4 Å². The molecular formula is C17H22N6OS. The van der Waals surface area contributed by atoms with Crippen molar-refractivity contribution in [1.29, 1.82) is 0 Å². The van der Waals surface area contributed by atoms with Crippen molar-refractivity contribution in [2.45, 2.75) is 57.4 Å². The number of aryl methyl sites for hydroxylation is 2. The highest BCUT2D eigenvalue weighted by molar-refractivity contribution is 7.99. The van der Waals surface area contributed by atoms with Crippen molar-refractivity contribution < 1.29 is 4.52 Å². The molecule has 132 valence electrons. The van der Waals surface area contributed by atoms with Gasteiger partial charge in [0.2, 0.25) is 11.0 Å². The summed E-state index contributed by atoms with van der Waals surface area (Å²) in [6.45, 7) is 12.3. The Bertz CT molecular complexity index is 879.